The Morgan fingerprint density at radius 2 is 1.47 bits per heavy atom. The molecule has 1 unspecified atom stereocenters. The van der Waals surface area contributed by atoms with E-state index in [4.69, 9.17) is 0 Å². The Kier molecular flexibility index (Phi) is 3.24. The lowest BCUT2D eigenvalue weighted by Gasteiger charge is -2.14. The van der Waals surface area contributed by atoms with E-state index in [9.17, 15) is 9.90 Å². The van der Waals surface area contributed by atoms with Gasteiger partial charge in [-0.2, -0.15) is 0 Å². The van der Waals surface area contributed by atoms with E-state index >= 15 is 0 Å². The van der Waals surface area contributed by atoms with E-state index in [0.717, 1.165) is 11.1 Å². The number of hydrogen-bond donors (Lipinski definition) is 1. The second-order valence-electron chi connectivity index (χ2n) is 4.05. The van der Waals surface area contributed by atoms with Crippen molar-refractivity contribution < 1.29 is 9.90 Å². The molecule has 0 aliphatic heterocycles. The standard InChI is InChI=1S/C15H14O2/c1-11(16)15(12-5-3-2-4-6-12)13-7-9-14(17)10-8-13/h2-10,15,17H,1H3. The number of carbonyl (C=O) groups is 1. The van der Waals surface area contributed by atoms with Crippen LogP contribution in [-0.2, 0) is 4.79 Å². The quantitative estimate of drug-likeness (QED) is 0.873. The minimum atomic E-state index is -0.253. The van der Waals surface area contributed by atoms with Gasteiger partial charge in [-0.3, -0.25) is 4.79 Å². The SMILES string of the molecule is CC(=O)C(c1ccccc1)c1ccc(O)cc1. The van der Waals surface area contributed by atoms with Crippen molar-refractivity contribution >= 4 is 5.78 Å². The van der Waals surface area contributed by atoms with Crippen LogP contribution in [0.1, 0.15) is 24.0 Å². The highest BCUT2D eigenvalue weighted by Gasteiger charge is 2.18. The summed E-state index contributed by atoms with van der Waals surface area (Å²) in [5, 5.41) is 9.26. The van der Waals surface area contributed by atoms with Crippen molar-refractivity contribution in [1.29, 1.82) is 0 Å². The summed E-state index contributed by atoms with van der Waals surface area (Å²) >= 11 is 0. The summed E-state index contributed by atoms with van der Waals surface area (Å²) in [5.74, 6) is 0.0582. The van der Waals surface area contributed by atoms with Gasteiger partial charge < -0.3 is 5.11 Å². The molecule has 2 aromatic carbocycles. The van der Waals surface area contributed by atoms with Crippen LogP contribution in [0.4, 0.5) is 0 Å². The van der Waals surface area contributed by atoms with Gasteiger partial charge in [0.05, 0.1) is 5.92 Å². The van der Waals surface area contributed by atoms with E-state index in [0.29, 0.717) is 0 Å². The van der Waals surface area contributed by atoms with E-state index in [1.165, 1.54) is 0 Å². The fourth-order valence-corrected chi connectivity index (χ4v) is 1.97. The maximum atomic E-state index is 11.8. The molecule has 0 aliphatic rings. The molecule has 0 spiro atoms. The van der Waals surface area contributed by atoms with Gasteiger partial charge in [0.25, 0.3) is 0 Å². The van der Waals surface area contributed by atoms with Gasteiger partial charge in [-0.05, 0) is 30.2 Å². The lowest BCUT2D eigenvalue weighted by atomic mass is 9.88. The highest BCUT2D eigenvalue weighted by atomic mass is 16.3. The Morgan fingerprint density at radius 3 is 2.00 bits per heavy atom. The van der Waals surface area contributed by atoms with Gasteiger partial charge in [0, 0.05) is 0 Å². The Labute approximate surface area is 101 Å². The highest BCUT2D eigenvalue weighted by molar-refractivity contribution is 5.86. The Hall–Kier alpha value is -2.09. The second-order valence-corrected chi connectivity index (χ2v) is 4.05. The summed E-state index contributed by atoms with van der Waals surface area (Å²) < 4.78 is 0. The molecule has 2 rings (SSSR count). The lowest BCUT2D eigenvalue weighted by molar-refractivity contribution is -0.117. The molecule has 0 heterocycles. The second kappa shape index (κ2) is 4.83. The smallest absolute Gasteiger partial charge is 0.141 e. The molecule has 2 aromatic rings. The molecule has 1 atom stereocenters. The van der Waals surface area contributed by atoms with Gasteiger partial charge in [0.15, 0.2) is 0 Å². The predicted molar refractivity (Wildman–Crippen MR) is 67.1 cm³/mol. The van der Waals surface area contributed by atoms with E-state index in [1.807, 2.05) is 30.3 Å². The fraction of sp³-hybridized carbons (Fsp3) is 0.133. The summed E-state index contributed by atoms with van der Waals surface area (Å²) in [5.41, 5.74) is 1.88. The predicted octanol–water partition coefficient (Wildman–Crippen LogP) is 3.11. The van der Waals surface area contributed by atoms with Gasteiger partial charge in [0.2, 0.25) is 0 Å². The molecule has 0 saturated heterocycles. The number of rotatable bonds is 3. The van der Waals surface area contributed by atoms with Crippen molar-refractivity contribution in [2.75, 3.05) is 0 Å². The van der Waals surface area contributed by atoms with Crippen LogP contribution in [0.15, 0.2) is 54.6 Å². The van der Waals surface area contributed by atoms with Crippen LogP contribution in [0.25, 0.3) is 0 Å². The molecule has 0 saturated carbocycles. The van der Waals surface area contributed by atoms with Crippen LogP contribution in [0, 0.1) is 0 Å². The van der Waals surface area contributed by atoms with Crippen LogP contribution in [-0.4, -0.2) is 10.9 Å². The number of carbonyl (C=O) groups excluding carboxylic acids is 1. The molecule has 86 valence electrons. The van der Waals surface area contributed by atoms with E-state index in [1.54, 1.807) is 31.2 Å². The molecule has 0 aliphatic carbocycles. The number of phenols is 1. The number of hydrogen-bond acceptors (Lipinski definition) is 2. The zero-order valence-corrected chi connectivity index (χ0v) is 9.63. The number of Topliss-reactive ketones (excluding diaryl/α,β-unsaturated/α-hetero) is 1. The van der Waals surface area contributed by atoms with Crippen LogP contribution in [0.5, 0.6) is 5.75 Å². The number of aromatic hydroxyl groups is 1. The molecular weight excluding hydrogens is 212 g/mol. The van der Waals surface area contributed by atoms with Crippen molar-refractivity contribution in [1.82, 2.24) is 0 Å². The Morgan fingerprint density at radius 1 is 0.941 bits per heavy atom. The third kappa shape index (κ3) is 2.53. The maximum absolute atomic E-state index is 11.8. The molecule has 0 fully saturated rings. The van der Waals surface area contributed by atoms with Crippen molar-refractivity contribution in [2.45, 2.75) is 12.8 Å². The molecular formula is C15H14O2. The minimum Gasteiger partial charge on any atom is -0.508 e. The summed E-state index contributed by atoms with van der Waals surface area (Å²) in [6.45, 7) is 1.59. The molecule has 2 heteroatoms. The average Bonchev–Trinajstić information content (AvgIpc) is 2.33. The largest absolute Gasteiger partial charge is 0.508 e. The van der Waals surface area contributed by atoms with Gasteiger partial charge in [-0.25, -0.2) is 0 Å². The highest BCUT2D eigenvalue weighted by Crippen LogP contribution is 2.26. The van der Waals surface area contributed by atoms with Crippen molar-refractivity contribution in [3.8, 4) is 5.75 Å². The maximum Gasteiger partial charge on any atom is 0.141 e. The van der Waals surface area contributed by atoms with Crippen LogP contribution in [0.3, 0.4) is 0 Å². The fourth-order valence-electron chi connectivity index (χ4n) is 1.97. The third-order valence-corrected chi connectivity index (χ3v) is 2.77. The normalized spacial score (nSPS) is 12.1. The molecule has 0 radical (unpaired) electrons. The number of ketones is 1. The van der Waals surface area contributed by atoms with Gasteiger partial charge in [-0.1, -0.05) is 42.5 Å². The topological polar surface area (TPSA) is 37.3 Å². The summed E-state index contributed by atoms with van der Waals surface area (Å²) in [6, 6.07) is 16.4. The lowest BCUT2D eigenvalue weighted by Crippen LogP contribution is -2.10. The molecule has 0 aromatic heterocycles. The monoisotopic (exact) mass is 226 g/mol. The average molecular weight is 226 g/mol. The van der Waals surface area contributed by atoms with Crippen LogP contribution < -0.4 is 0 Å². The zero-order valence-electron chi connectivity index (χ0n) is 9.63. The Balaban J connectivity index is 2.43. The first-order valence-corrected chi connectivity index (χ1v) is 5.53. The first-order valence-electron chi connectivity index (χ1n) is 5.53. The minimum absolute atomic E-state index is 0.0990. The van der Waals surface area contributed by atoms with Crippen LogP contribution >= 0.6 is 0 Å². The van der Waals surface area contributed by atoms with E-state index in [-0.39, 0.29) is 17.5 Å². The zero-order chi connectivity index (χ0) is 12.3. The van der Waals surface area contributed by atoms with Crippen molar-refractivity contribution in [2.24, 2.45) is 0 Å². The third-order valence-electron chi connectivity index (χ3n) is 2.77. The van der Waals surface area contributed by atoms with Gasteiger partial charge >= 0.3 is 0 Å². The Bertz CT molecular complexity index is 500. The molecule has 2 nitrogen and oxygen atoms in total. The molecule has 1 N–H and O–H groups in total. The molecule has 0 bridgehead atoms. The molecule has 0 amide bonds. The summed E-state index contributed by atoms with van der Waals surface area (Å²) in [7, 11) is 0. The van der Waals surface area contributed by atoms with Crippen LogP contribution in [0.2, 0.25) is 0 Å². The number of benzene rings is 2. The van der Waals surface area contributed by atoms with Crippen molar-refractivity contribution in [3.63, 3.8) is 0 Å². The summed E-state index contributed by atoms with van der Waals surface area (Å²) in [6.07, 6.45) is 0. The van der Waals surface area contributed by atoms with Gasteiger partial charge in [0.1, 0.15) is 11.5 Å². The van der Waals surface area contributed by atoms with E-state index < -0.39 is 0 Å². The van der Waals surface area contributed by atoms with E-state index in [2.05, 4.69) is 0 Å². The number of phenolic OH excluding ortho intramolecular Hbond substituents is 1. The van der Waals surface area contributed by atoms with Gasteiger partial charge in [-0.15, -0.1) is 0 Å². The first-order chi connectivity index (χ1) is 8.18. The molecule has 17 heavy (non-hydrogen) atoms. The van der Waals surface area contributed by atoms with Crippen molar-refractivity contribution in [3.05, 3.63) is 65.7 Å². The first kappa shape index (κ1) is 11.4. The summed E-state index contributed by atoms with van der Waals surface area (Å²) in [4.78, 5) is 11.8.